The van der Waals surface area contributed by atoms with Crippen LogP contribution in [0.3, 0.4) is 0 Å². The number of likely N-dealkylation sites (N-methyl/N-ethyl adjacent to an activating group) is 1. The van der Waals surface area contributed by atoms with Crippen LogP contribution in [0.1, 0.15) is 76.3 Å². The summed E-state index contributed by atoms with van der Waals surface area (Å²) in [6.07, 6.45) is -2.46. The number of alkyl halides is 3. The molecule has 3 atom stereocenters. The van der Waals surface area contributed by atoms with Crippen LogP contribution in [0, 0.1) is 17.2 Å². The van der Waals surface area contributed by atoms with E-state index in [1.807, 2.05) is 40.8 Å². The number of amides is 2. The lowest BCUT2D eigenvalue weighted by molar-refractivity contribution is -0.155. The summed E-state index contributed by atoms with van der Waals surface area (Å²) in [5, 5.41) is 6.64. The highest BCUT2D eigenvalue weighted by atomic mass is 32.1. The first kappa shape index (κ1) is 45.4. The Balaban J connectivity index is 1.45. The molecule has 0 spiro atoms. The second-order valence-electron chi connectivity index (χ2n) is 18.0. The maximum absolute atomic E-state index is 16.6. The van der Waals surface area contributed by atoms with Gasteiger partial charge in [0.25, 0.3) is 5.91 Å². The molecule has 13 nitrogen and oxygen atoms in total. The highest BCUT2D eigenvalue weighted by molar-refractivity contribution is 7.10. The van der Waals surface area contributed by atoms with Gasteiger partial charge in [0, 0.05) is 80.0 Å². The van der Waals surface area contributed by atoms with Crippen LogP contribution in [0.15, 0.2) is 29.8 Å². The standard InChI is InChI=1S/C44H56F4N8O5S/c1-25(2)15-37(57)50-34-19-38-51-35(22-62-38)29-17-28-31(20-43(4,5)24-61-42(59)33-9-8-10-56(52-33)41(34)58)40(55(23-44(46,47)48)36(28)18-32(29)45)30-16-27(21-49-39(30)26(3)60-7)54-13-11-53(6)12-14-54/h16-18,21-22,25-26,33-34,52H,8-15,19-20,23-24H2,1-7H3,(H,50,57)/t26?,33?,34-/m0/s1. The molecule has 336 valence electrons. The molecule has 0 radical (unpaired) electrons. The van der Waals surface area contributed by atoms with Crippen LogP contribution in [0.25, 0.3) is 33.4 Å². The molecule has 6 bridgehead atoms. The van der Waals surface area contributed by atoms with Gasteiger partial charge in [0.1, 0.15) is 24.4 Å². The molecule has 3 aliphatic heterocycles. The smallest absolute Gasteiger partial charge is 0.406 e. The largest absolute Gasteiger partial charge is 0.464 e. The summed E-state index contributed by atoms with van der Waals surface area (Å²) in [6.45, 7) is 11.0. The van der Waals surface area contributed by atoms with Crippen LogP contribution < -0.4 is 15.6 Å². The van der Waals surface area contributed by atoms with E-state index in [0.717, 1.165) is 29.4 Å². The third-order valence-electron chi connectivity index (χ3n) is 11.8. The molecule has 3 aliphatic rings. The normalized spacial score (nSPS) is 21.0. The van der Waals surface area contributed by atoms with Crippen LogP contribution >= 0.6 is 11.3 Å². The Labute approximate surface area is 363 Å². The molecule has 2 N–H and O–H groups in total. The molecule has 3 aromatic heterocycles. The van der Waals surface area contributed by atoms with Crippen molar-refractivity contribution in [1.82, 2.24) is 35.2 Å². The molecule has 2 amide bonds. The highest BCUT2D eigenvalue weighted by Gasteiger charge is 2.38. The molecule has 0 saturated carbocycles. The Morgan fingerprint density at radius 1 is 1.10 bits per heavy atom. The Hall–Kier alpha value is -4.65. The maximum atomic E-state index is 16.6. The van der Waals surface area contributed by atoms with E-state index in [1.54, 1.807) is 24.6 Å². The lowest BCUT2D eigenvalue weighted by Crippen LogP contribution is -2.60. The molecule has 0 aliphatic carbocycles. The molecule has 4 aromatic rings. The molecule has 6 heterocycles. The number of carbonyl (C=O) groups excluding carboxylic acids is 3. The Morgan fingerprint density at radius 3 is 2.53 bits per heavy atom. The molecule has 2 saturated heterocycles. The highest BCUT2D eigenvalue weighted by Crippen LogP contribution is 2.44. The number of nitrogens with zero attached hydrogens (tertiary/aromatic N) is 6. The fourth-order valence-corrected chi connectivity index (χ4v) is 9.36. The number of esters is 1. The lowest BCUT2D eigenvalue weighted by Gasteiger charge is -2.35. The number of hydrogen-bond donors (Lipinski definition) is 2. The van der Waals surface area contributed by atoms with Gasteiger partial charge in [-0.15, -0.1) is 11.3 Å². The van der Waals surface area contributed by atoms with Gasteiger partial charge < -0.3 is 29.2 Å². The second kappa shape index (κ2) is 18.2. The van der Waals surface area contributed by atoms with Gasteiger partial charge in [-0.25, -0.2) is 14.8 Å². The molecule has 62 heavy (non-hydrogen) atoms. The number of benzene rings is 1. The number of rotatable bonds is 8. The number of pyridine rings is 1. The minimum Gasteiger partial charge on any atom is -0.464 e. The zero-order chi connectivity index (χ0) is 44.7. The van der Waals surface area contributed by atoms with Crippen molar-refractivity contribution in [3.63, 3.8) is 0 Å². The fourth-order valence-electron chi connectivity index (χ4n) is 8.52. The average Bonchev–Trinajstić information content (AvgIpc) is 3.78. The van der Waals surface area contributed by atoms with E-state index in [2.05, 4.69) is 20.5 Å². The first-order chi connectivity index (χ1) is 29.3. The summed E-state index contributed by atoms with van der Waals surface area (Å²) in [5.74, 6) is -2.14. The predicted octanol–water partition coefficient (Wildman–Crippen LogP) is 6.68. The number of thiazole rings is 1. The number of cyclic esters (lactones) is 1. The number of fused-ring (bicyclic) bond motifs is 6. The number of methoxy groups -OCH3 is 1. The zero-order valence-electron chi connectivity index (χ0n) is 36.3. The molecular formula is C44H56F4N8O5S. The van der Waals surface area contributed by atoms with Crippen molar-refractivity contribution < 1.29 is 41.4 Å². The molecule has 2 fully saturated rings. The number of ether oxygens (including phenoxy) is 2. The molecule has 18 heteroatoms. The van der Waals surface area contributed by atoms with Gasteiger partial charge in [0.05, 0.1) is 52.2 Å². The third-order valence-corrected chi connectivity index (χ3v) is 12.7. The predicted molar refractivity (Wildman–Crippen MR) is 229 cm³/mol. The molecule has 7 rings (SSSR count). The lowest BCUT2D eigenvalue weighted by atomic mass is 9.84. The third kappa shape index (κ3) is 10.1. The summed E-state index contributed by atoms with van der Waals surface area (Å²) in [6, 6.07) is 2.62. The van der Waals surface area contributed by atoms with Gasteiger partial charge in [-0.2, -0.15) is 13.2 Å². The van der Waals surface area contributed by atoms with E-state index < -0.39 is 54.0 Å². The van der Waals surface area contributed by atoms with Crippen molar-refractivity contribution in [1.29, 1.82) is 0 Å². The summed E-state index contributed by atoms with van der Waals surface area (Å²) in [4.78, 5) is 54.8. The van der Waals surface area contributed by atoms with Gasteiger partial charge in [0.15, 0.2) is 0 Å². The van der Waals surface area contributed by atoms with E-state index >= 15 is 4.39 Å². The summed E-state index contributed by atoms with van der Waals surface area (Å²) >= 11 is 1.18. The van der Waals surface area contributed by atoms with Crippen LogP contribution in [0.5, 0.6) is 0 Å². The number of halogens is 4. The fraction of sp³-hybridized carbons (Fsp3) is 0.568. The monoisotopic (exact) mass is 884 g/mol. The van der Waals surface area contributed by atoms with Crippen LogP contribution in [0.4, 0.5) is 23.2 Å². The van der Waals surface area contributed by atoms with Gasteiger partial charge in [0.2, 0.25) is 5.91 Å². The number of hydrogen-bond acceptors (Lipinski definition) is 11. The molecular weight excluding hydrogens is 829 g/mol. The number of piperazine rings is 1. The van der Waals surface area contributed by atoms with Gasteiger partial charge in [-0.3, -0.25) is 24.4 Å². The van der Waals surface area contributed by atoms with E-state index in [4.69, 9.17) is 19.4 Å². The number of aromatic nitrogens is 3. The second-order valence-corrected chi connectivity index (χ2v) is 18.9. The van der Waals surface area contributed by atoms with Crippen LogP contribution in [0.2, 0.25) is 0 Å². The number of carbonyl (C=O) groups is 3. The quantitative estimate of drug-likeness (QED) is 0.146. The van der Waals surface area contributed by atoms with Crippen molar-refractivity contribution in [2.24, 2.45) is 11.3 Å². The van der Waals surface area contributed by atoms with E-state index in [9.17, 15) is 27.6 Å². The van der Waals surface area contributed by atoms with Crippen molar-refractivity contribution >= 4 is 45.7 Å². The van der Waals surface area contributed by atoms with Gasteiger partial charge >= 0.3 is 12.1 Å². The average molecular weight is 885 g/mol. The van der Waals surface area contributed by atoms with Gasteiger partial charge in [-0.05, 0) is 62.9 Å². The minimum atomic E-state index is -4.71. The van der Waals surface area contributed by atoms with Crippen molar-refractivity contribution in [3.05, 3.63) is 51.9 Å². The number of nitrogens with one attached hydrogen (secondary N) is 2. The van der Waals surface area contributed by atoms with E-state index in [1.165, 1.54) is 23.5 Å². The van der Waals surface area contributed by atoms with Gasteiger partial charge in [-0.1, -0.05) is 27.7 Å². The van der Waals surface area contributed by atoms with Crippen molar-refractivity contribution in [3.8, 4) is 22.5 Å². The molecule has 1 aromatic carbocycles. The summed E-state index contributed by atoms with van der Waals surface area (Å²) in [7, 11) is 3.54. The Kier molecular flexibility index (Phi) is 13.3. The summed E-state index contributed by atoms with van der Waals surface area (Å²) < 4.78 is 74.1. The van der Waals surface area contributed by atoms with Crippen LogP contribution in [-0.2, 0) is 43.2 Å². The number of anilines is 1. The Bertz CT molecular complexity index is 2300. The summed E-state index contributed by atoms with van der Waals surface area (Å²) in [5.41, 5.74) is 4.74. The topological polar surface area (TPSA) is 134 Å². The number of hydrazine groups is 1. The first-order valence-electron chi connectivity index (χ1n) is 21.2. The Morgan fingerprint density at radius 2 is 1.84 bits per heavy atom. The minimum absolute atomic E-state index is 0.0207. The van der Waals surface area contributed by atoms with Crippen molar-refractivity contribution in [2.45, 2.75) is 97.6 Å². The zero-order valence-corrected chi connectivity index (χ0v) is 37.1. The van der Waals surface area contributed by atoms with E-state index in [0.29, 0.717) is 53.1 Å². The van der Waals surface area contributed by atoms with Crippen molar-refractivity contribution in [2.75, 3.05) is 58.4 Å². The SMILES string of the molecule is COC(C)c1ncc(N2CCN(C)CC2)cc1-c1c2c3cc(c(F)cc3n1CC(F)(F)F)-c1csc(n1)C[C@H](NC(=O)CC(C)C)C(=O)N1CCCC(N1)C(=O)OCC(C)(C)C2. The first-order valence-corrected chi connectivity index (χ1v) is 22.0. The van der Waals surface area contributed by atoms with Crippen LogP contribution in [-0.4, -0.2) is 114 Å². The van der Waals surface area contributed by atoms with E-state index in [-0.39, 0.29) is 66.7 Å². The molecule has 2 unspecified atom stereocenters. The maximum Gasteiger partial charge on any atom is 0.406 e.